The second-order valence-electron chi connectivity index (χ2n) is 4.75. The van der Waals surface area contributed by atoms with Crippen molar-refractivity contribution >= 4 is 5.97 Å². The predicted octanol–water partition coefficient (Wildman–Crippen LogP) is 2.03. The number of nitrogens with zero attached hydrogens (tertiary/aromatic N) is 1. The first-order valence-corrected chi connectivity index (χ1v) is 6.85. The zero-order valence-electron chi connectivity index (χ0n) is 12.1. The number of methoxy groups -OCH3 is 1. The van der Waals surface area contributed by atoms with Gasteiger partial charge in [-0.15, -0.1) is 0 Å². The van der Waals surface area contributed by atoms with Crippen molar-refractivity contribution in [2.45, 2.75) is 13.1 Å². The third kappa shape index (κ3) is 4.18. The molecule has 2 aromatic rings. The summed E-state index contributed by atoms with van der Waals surface area (Å²) in [5.41, 5.74) is 7.69. The maximum Gasteiger partial charge on any atom is 0.374 e. The summed E-state index contributed by atoms with van der Waals surface area (Å²) >= 11 is 0. The van der Waals surface area contributed by atoms with Crippen LogP contribution in [0.4, 0.5) is 0 Å². The van der Waals surface area contributed by atoms with Crippen LogP contribution in [0, 0.1) is 0 Å². The number of furan rings is 1. The van der Waals surface area contributed by atoms with Gasteiger partial charge in [-0.25, -0.2) is 4.79 Å². The Balaban J connectivity index is 2.09. The van der Waals surface area contributed by atoms with E-state index in [0.29, 0.717) is 13.1 Å². The molecule has 0 fully saturated rings. The molecule has 5 heteroatoms. The molecule has 0 aliphatic carbocycles. The van der Waals surface area contributed by atoms with Crippen LogP contribution in [0.15, 0.2) is 47.1 Å². The fourth-order valence-corrected chi connectivity index (χ4v) is 2.21. The molecule has 0 atom stereocenters. The zero-order chi connectivity index (χ0) is 15.1. The quantitative estimate of drug-likeness (QED) is 0.789. The van der Waals surface area contributed by atoms with E-state index in [0.717, 1.165) is 18.7 Å². The van der Waals surface area contributed by atoms with Gasteiger partial charge in [0.05, 0.1) is 13.4 Å². The van der Waals surface area contributed by atoms with Gasteiger partial charge in [0.1, 0.15) is 0 Å². The Kier molecular flexibility index (Phi) is 5.54. The van der Waals surface area contributed by atoms with Crippen molar-refractivity contribution in [3.05, 3.63) is 59.5 Å². The van der Waals surface area contributed by atoms with Crippen molar-refractivity contribution in [3.63, 3.8) is 0 Å². The highest BCUT2D eigenvalue weighted by Crippen LogP contribution is 2.16. The molecule has 1 aromatic heterocycles. The van der Waals surface area contributed by atoms with Gasteiger partial charge in [0, 0.05) is 31.7 Å². The highest BCUT2D eigenvalue weighted by molar-refractivity contribution is 5.87. The van der Waals surface area contributed by atoms with E-state index in [9.17, 15) is 4.79 Å². The molecule has 0 amide bonds. The van der Waals surface area contributed by atoms with Crippen LogP contribution >= 0.6 is 0 Å². The van der Waals surface area contributed by atoms with Gasteiger partial charge in [-0.1, -0.05) is 30.3 Å². The first-order chi connectivity index (χ1) is 10.2. The average molecular weight is 288 g/mol. The van der Waals surface area contributed by atoms with E-state index >= 15 is 0 Å². The number of hydrogen-bond donors (Lipinski definition) is 1. The summed E-state index contributed by atoms with van der Waals surface area (Å²) in [5.74, 6) is -0.199. The largest absolute Gasteiger partial charge is 0.463 e. The molecular formula is C16H20N2O3. The van der Waals surface area contributed by atoms with Crippen LogP contribution in [0.3, 0.4) is 0 Å². The van der Waals surface area contributed by atoms with Gasteiger partial charge < -0.3 is 14.9 Å². The molecule has 0 saturated heterocycles. The molecule has 5 nitrogen and oxygen atoms in total. The molecule has 21 heavy (non-hydrogen) atoms. The fraction of sp³-hybridized carbons (Fsp3) is 0.312. The lowest BCUT2D eigenvalue weighted by molar-refractivity contribution is 0.0561. The summed E-state index contributed by atoms with van der Waals surface area (Å²) in [6, 6.07) is 11.9. The standard InChI is InChI=1S/C16H20N2O3/c1-20-16(19)15-14(7-10-21-15)12-18(9-8-17)11-13-5-3-2-4-6-13/h2-7,10H,8-9,11-12,17H2,1H3. The Morgan fingerprint density at radius 2 is 2.00 bits per heavy atom. The van der Waals surface area contributed by atoms with Crippen molar-refractivity contribution in [1.82, 2.24) is 4.90 Å². The Hall–Kier alpha value is -2.11. The van der Waals surface area contributed by atoms with Gasteiger partial charge in [0.25, 0.3) is 0 Å². The van der Waals surface area contributed by atoms with Crippen LogP contribution < -0.4 is 5.73 Å². The molecule has 1 aromatic carbocycles. The van der Waals surface area contributed by atoms with Crippen LogP contribution in [-0.4, -0.2) is 31.1 Å². The molecule has 0 aliphatic heterocycles. The normalized spacial score (nSPS) is 10.8. The number of carbonyl (C=O) groups is 1. The van der Waals surface area contributed by atoms with Crippen LogP contribution in [-0.2, 0) is 17.8 Å². The number of ether oxygens (including phenoxy) is 1. The van der Waals surface area contributed by atoms with Crippen molar-refractivity contribution in [2.24, 2.45) is 5.73 Å². The van der Waals surface area contributed by atoms with E-state index in [1.165, 1.54) is 18.9 Å². The summed E-state index contributed by atoms with van der Waals surface area (Å²) in [6.45, 7) is 2.65. The van der Waals surface area contributed by atoms with Gasteiger partial charge >= 0.3 is 5.97 Å². The second kappa shape index (κ2) is 7.61. The highest BCUT2D eigenvalue weighted by atomic mass is 16.5. The molecule has 112 valence electrons. The maximum absolute atomic E-state index is 11.6. The average Bonchev–Trinajstić information content (AvgIpc) is 2.96. The molecule has 0 radical (unpaired) electrons. The minimum atomic E-state index is -0.456. The summed E-state index contributed by atoms with van der Waals surface area (Å²) in [5, 5.41) is 0. The monoisotopic (exact) mass is 288 g/mol. The maximum atomic E-state index is 11.6. The van der Waals surface area contributed by atoms with Gasteiger partial charge in [0.15, 0.2) is 0 Å². The van der Waals surface area contributed by atoms with E-state index in [-0.39, 0.29) is 5.76 Å². The third-order valence-electron chi connectivity index (χ3n) is 3.21. The molecule has 1 heterocycles. The lowest BCUT2D eigenvalue weighted by Gasteiger charge is -2.21. The summed E-state index contributed by atoms with van der Waals surface area (Å²) in [6.07, 6.45) is 1.50. The molecule has 0 unspecified atom stereocenters. The smallest absolute Gasteiger partial charge is 0.374 e. The lowest BCUT2D eigenvalue weighted by Crippen LogP contribution is -2.29. The molecule has 0 spiro atoms. The van der Waals surface area contributed by atoms with Gasteiger partial charge in [-0.2, -0.15) is 0 Å². The first-order valence-electron chi connectivity index (χ1n) is 6.85. The Morgan fingerprint density at radius 3 is 2.67 bits per heavy atom. The Bertz CT molecular complexity index is 566. The Morgan fingerprint density at radius 1 is 1.24 bits per heavy atom. The van der Waals surface area contributed by atoms with Crippen molar-refractivity contribution in [2.75, 3.05) is 20.2 Å². The van der Waals surface area contributed by atoms with Crippen molar-refractivity contribution < 1.29 is 13.9 Å². The zero-order valence-corrected chi connectivity index (χ0v) is 12.1. The van der Waals surface area contributed by atoms with Crippen LogP contribution in [0.5, 0.6) is 0 Å². The van der Waals surface area contributed by atoms with Crippen LogP contribution in [0.2, 0.25) is 0 Å². The van der Waals surface area contributed by atoms with Gasteiger partial charge in [-0.05, 0) is 11.6 Å². The first kappa shape index (κ1) is 15.3. The summed E-state index contributed by atoms with van der Waals surface area (Å²) in [7, 11) is 1.34. The number of hydrogen-bond acceptors (Lipinski definition) is 5. The van der Waals surface area contributed by atoms with E-state index in [2.05, 4.69) is 17.0 Å². The van der Waals surface area contributed by atoms with Gasteiger partial charge in [0.2, 0.25) is 5.76 Å². The number of benzene rings is 1. The van der Waals surface area contributed by atoms with Crippen molar-refractivity contribution in [3.8, 4) is 0 Å². The van der Waals surface area contributed by atoms with Gasteiger partial charge in [-0.3, -0.25) is 4.90 Å². The van der Waals surface area contributed by atoms with Crippen LogP contribution in [0.1, 0.15) is 21.7 Å². The third-order valence-corrected chi connectivity index (χ3v) is 3.21. The van der Waals surface area contributed by atoms with E-state index in [4.69, 9.17) is 14.9 Å². The Labute approximate surface area is 124 Å². The molecule has 0 saturated carbocycles. The van der Waals surface area contributed by atoms with E-state index in [1.54, 1.807) is 6.07 Å². The molecule has 0 bridgehead atoms. The topological polar surface area (TPSA) is 68.7 Å². The minimum Gasteiger partial charge on any atom is -0.463 e. The van der Waals surface area contributed by atoms with E-state index < -0.39 is 5.97 Å². The predicted molar refractivity (Wildman–Crippen MR) is 79.7 cm³/mol. The fourth-order valence-electron chi connectivity index (χ4n) is 2.21. The molecule has 0 aliphatic rings. The number of rotatable bonds is 7. The summed E-state index contributed by atoms with van der Waals surface area (Å²) in [4.78, 5) is 13.8. The van der Waals surface area contributed by atoms with Crippen molar-refractivity contribution in [1.29, 1.82) is 0 Å². The highest BCUT2D eigenvalue weighted by Gasteiger charge is 2.18. The van der Waals surface area contributed by atoms with Crippen LogP contribution in [0.25, 0.3) is 0 Å². The molecule has 2 N–H and O–H groups in total. The summed E-state index contributed by atoms with van der Waals surface area (Å²) < 4.78 is 9.93. The SMILES string of the molecule is COC(=O)c1occc1CN(CCN)Cc1ccccc1. The lowest BCUT2D eigenvalue weighted by atomic mass is 10.2. The second-order valence-corrected chi connectivity index (χ2v) is 4.75. The van der Waals surface area contributed by atoms with E-state index in [1.807, 2.05) is 18.2 Å². The number of nitrogens with two attached hydrogens (primary N) is 1. The number of carbonyl (C=O) groups excluding carboxylic acids is 1. The number of esters is 1. The molecule has 2 rings (SSSR count). The molecular weight excluding hydrogens is 268 g/mol. The minimum absolute atomic E-state index is 0.257.